The Kier molecular flexibility index (Phi) is 4.15. The largest absolute Gasteiger partial charge is 0.493 e. The lowest BCUT2D eigenvalue weighted by Crippen LogP contribution is -2.25. The second kappa shape index (κ2) is 6.47. The van der Waals surface area contributed by atoms with E-state index in [1.807, 2.05) is 29.3 Å². The molecule has 5 heteroatoms. The Hall–Kier alpha value is -2.43. The summed E-state index contributed by atoms with van der Waals surface area (Å²) in [4.78, 5) is 23.9. The normalized spacial score (nSPS) is 15.7. The lowest BCUT2D eigenvalue weighted by molar-refractivity contribution is 0.0750. The van der Waals surface area contributed by atoms with E-state index in [2.05, 4.69) is 23.8 Å². The highest BCUT2D eigenvalue weighted by atomic mass is 16.5. The third-order valence-corrected chi connectivity index (χ3v) is 4.74. The number of hydrogen-bond acceptors (Lipinski definition) is 4. The molecule has 0 saturated carbocycles. The zero-order chi connectivity index (χ0) is 17.4. The van der Waals surface area contributed by atoms with Gasteiger partial charge in [0.15, 0.2) is 0 Å². The van der Waals surface area contributed by atoms with Gasteiger partial charge in [-0.05, 0) is 42.5 Å². The van der Waals surface area contributed by atoms with E-state index in [4.69, 9.17) is 4.74 Å². The van der Waals surface area contributed by atoms with Crippen LogP contribution in [0.3, 0.4) is 0 Å². The molecule has 0 spiro atoms. The van der Waals surface area contributed by atoms with Crippen molar-refractivity contribution in [3.05, 3.63) is 52.6 Å². The molecule has 2 aliphatic rings. The van der Waals surface area contributed by atoms with Crippen LogP contribution >= 0.6 is 0 Å². The van der Waals surface area contributed by atoms with E-state index in [9.17, 15) is 4.79 Å². The molecule has 1 aromatic carbocycles. The van der Waals surface area contributed by atoms with Gasteiger partial charge in [0, 0.05) is 30.3 Å². The predicted octanol–water partition coefficient (Wildman–Crippen LogP) is 3.16. The van der Waals surface area contributed by atoms with Crippen molar-refractivity contribution in [2.75, 3.05) is 6.61 Å². The molecule has 0 aliphatic carbocycles. The van der Waals surface area contributed by atoms with Gasteiger partial charge in [-0.1, -0.05) is 13.8 Å². The van der Waals surface area contributed by atoms with Gasteiger partial charge in [0.25, 0.3) is 5.91 Å². The van der Waals surface area contributed by atoms with Gasteiger partial charge in [0.1, 0.15) is 11.6 Å². The number of aromatic nitrogens is 2. The Bertz CT molecular complexity index is 817. The Labute approximate surface area is 148 Å². The van der Waals surface area contributed by atoms with Crippen LogP contribution < -0.4 is 4.74 Å². The highest BCUT2D eigenvalue weighted by Gasteiger charge is 2.27. The van der Waals surface area contributed by atoms with Gasteiger partial charge < -0.3 is 9.64 Å². The fourth-order valence-electron chi connectivity index (χ4n) is 3.48. The summed E-state index contributed by atoms with van der Waals surface area (Å²) in [5, 5.41) is 0. The molecule has 0 radical (unpaired) electrons. The van der Waals surface area contributed by atoms with Crippen LogP contribution in [0.25, 0.3) is 0 Å². The molecule has 5 nitrogen and oxygen atoms in total. The van der Waals surface area contributed by atoms with Gasteiger partial charge in [-0.15, -0.1) is 0 Å². The van der Waals surface area contributed by atoms with Crippen LogP contribution in [0.15, 0.2) is 24.4 Å². The molecule has 1 aromatic heterocycles. The summed E-state index contributed by atoms with van der Waals surface area (Å²) in [5.74, 6) is 2.36. The molecule has 4 rings (SSSR count). The minimum atomic E-state index is 0.0526. The van der Waals surface area contributed by atoms with E-state index in [-0.39, 0.29) is 5.91 Å². The SMILES string of the molecule is CC(C)Cc1ncc2c(n1)CN(C(=O)c1ccc3c(c1)CCCO3)C2. The fraction of sp³-hybridized carbons (Fsp3) is 0.450. The molecule has 25 heavy (non-hydrogen) atoms. The number of benzene rings is 1. The van der Waals surface area contributed by atoms with E-state index in [1.54, 1.807) is 0 Å². The molecule has 0 unspecified atom stereocenters. The Morgan fingerprint density at radius 3 is 3.00 bits per heavy atom. The lowest BCUT2D eigenvalue weighted by Gasteiger charge is -2.20. The minimum absolute atomic E-state index is 0.0526. The van der Waals surface area contributed by atoms with Crippen molar-refractivity contribution >= 4 is 5.91 Å². The van der Waals surface area contributed by atoms with E-state index >= 15 is 0 Å². The molecule has 1 amide bonds. The molecule has 2 aliphatic heterocycles. The van der Waals surface area contributed by atoms with Crippen LogP contribution in [0.5, 0.6) is 5.75 Å². The van der Waals surface area contributed by atoms with Crippen molar-refractivity contribution in [3.63, 3.8) is 0 Å². The van der Waals surface area contributed by atoms with Gasteiger partial charge in [-0.25, -0.2) is 9.97 Å². The maximum atomic E-state index is 12.9. The first-order valence-electron chi connectivity index (χ1n) is 8.99. The standard InChI is InChI=1S/C20H23N3O2/c1-13(2)8-19-21-10-16-11-23(12-17(16)22-19)20(24)15-5-6-18-14(9-15)4-3-7-25-18/h5-6,9-10,13H,3-4,7-8,11-12H2,1-2H3. The van der Waals surface area contributed by atoms with Crippen molar-refractivity contribution in [1.82, 2.24) is 14.9 Å². The number of fused-ring (bicyclic) bond motifs is 2. The topological polar surface area (TPSA) is 55.3 Å². The summed E-state index contributed by atoms with van der Waals surface area (Å²) < 4.78 is 5.64. The van der Waals surface area contributed by atoms with Crippen LogP contribution in [-0.4, -0.2) is 27.4 Å². The van der Waals surface area contributed by atoms with Gasteiger partial charge in [0.2, 0.25) is 0 Å². The molecule has 3 heterocycles. The van der Waals surface area contributed by atoms with Gasteiger partial charge in [-0.3, -0.25) is 4.79 Å². The van der Waals surface area contributed by atoms with Crippen molar-refractivity contribution in [3.8, 4) is 5.75 Å². The first kappa shape index (κ1) is 16.1. The van der Waals surface area contributed by atoms with Crippen molar-refractivity contribution in [2.24, 2.45) is 5.92 Å². The molecule has 0 bridgehead atoms. The average molecular weight is 337 g/mol. The highest BCUT2D eigenvalue weighted by molar-refractivity contribution is 5.95. The van der Waals surface area contributed by atoms with Crippen LogP contribution in [0.1, 0.15) is 53.3 Å². The number of carbonyl (C=O) groups excluding carboxylic acids is 1. The monoisotopic (exact) mass is 337 g/mol. The predicted molar refractivity (Wildman–Crippen MR) is 94.4 cm³/mol. The Balaban J connectivity index is 1.52. The fourth-order valence-corrected chi connectivity index (χ4v) is 3.48. The molecule has 0 saturated heterocycles. The first-order chi connectivity index (χ1) is 12.1. The Morgan fingerprint density at radius 1 is 1.28 bits per heavy atom. The summed E-state index contributed by atoms with van der Waals surface area (Å²) in [6.07, 6.45) is 4.73. The van der Waals surface area contributed by atoms with Crippen molar-refractivity contribution in [1.29, 1.82) is 0 Å². The maximum Gasteiger partial charge on any atom is 0.254 e. The van der Waals surface area contributed by atoms with Crippen LogP contribution in [0.4, 0.5) is 0 Å². The van der Waals surface area contributed by atoms with Gasteiger partial charge >= 0.3 is 0 Å². The summed E-state index contributed by atoms with van der Waals surface area (Å²) in [5.41, 5.74) is 3.91. The molecule has 0 N–H and O–H groups in total. The second-order valence-electron chi connectivity index (χ2n) is 7.29. The number of rotatable bonds is 3. The van der Waals surface area contributed by atoms with Crippen LogP contribution in [0.2, 0.25) is 0 Å². The summed E-state index contributed by atoms with van der Waals surface area (Å²) in [6.45, 7) is 6.23. The maximum absolute atomic E-state index is 12.9. The van der Waals surface area contributed by atoms with Crippen molar-refractivity contribution < 1.29 is 9.53 Å². The van der Waals surface area contributed by atoms with E-state index in [0.29, 0.717) is 19.0 Å². The van der Waals surface area contributed by atoms with E-state index in [1.165, 1.54) is 0 Å². The summed E-state index contributed by atoms with van der Waals surface area (Å²) in [7, 11) is 0. The van der Waals surface area contributed by atoms with Crippen molar-refractivity contribution in [2.45, 2.75) is 46.2 Å². The van der Waals surface area contributed by atoms with Gasteiger partial charge in [0.05, 0.1) is 18.8 Å². The zero-order valence-corrected chi connectivity index (χ0v) is 14.8. The number of hydrogen-bond donors (Lipinski definition) is 0. The summed E-state index contributed by atoms with van der Waals surface area (Å²) >= 11 is 0. The van der Waals surface area contributed by atoms with Crippen LogP contribution in [-0.2, 0) is 25.9 Å². The second-order valence-corrected chi connectivity index (χ2v) is 7.29. The van der Waals surface area contributed by atoms with E-state index in [0.717, 1.165) is 59.8 Å². The smallest absolute Gasteiger partial charge is 0.254 e. The molecule has 0 fully saturated rings. The Morgan fingerprint density at radius 2 is 2.16 bits per heavy atom. The first-order valence-corrected chi connectivity index (χ1v) is 8.99. The highest BCUT2D eigenvalue weighted by Crippen LogP contribution is 2.28. The zero-order valence-electron chi connectivity index (χ0n) is 14.8. The number of nitrogens with zero attached hydrogens (tertiary/aromatic N) is 3. The molecule has 0 atom stereocenters. The lowest BCUT2D eigenvalue weighted by atomic mass is 10.0. The quantitative estimate of drug-likeness (QED) is 0.863. The van der Waals surface area contributed by atoms with E-state index < -0.39 is 0 Å². The average Bonchev–Trinajstić information content (AvgIpc) is 3.03. The van der Waals surface area contributed by atoms with Crippen LogP contribution in [0, 0.1) is 5.92 Å². The minimum Gasteiger partial charge on any atom is -0.493 e. The summed E-state index contributed by atoms with van der Waals surface area (Å²) in [6, 6.07) is 5.77. The molecule has 130 valence electrons. The molecular formula is C20H23N3O2. The number of aryl methyl sites for hydroxylation is 1. The third kappa shape index (κ3) is 3.23. The van der Waals surface area contributed by atoms with Gasteiger partial charge in [-0.2, -0.15) is 0 Å². The number of amides is 1. The number of carbonyl (C=O) groups is 1. The molecule has 2 aromatic rings. The number of ether oxygens (including phenoxy) is 1. The molecular weight excluding hydrogens is 314 g/mol. The third-order valence-electron chi connectivity index (χ3n) is 4.74.